The van der Waals surface area contributed by atoms with Crippen LogP contribution in [0.1, 0.15) is 20.7 Å². The molecular formula is C11H8BrF4NO3. The van der Waals surface area contributed by atoms with E-state index in [1.165, 1.54) is 12.1 Å². The predicted molar refractivity (Wildman–Crippen MR) is 64.4 cm³/mol. The summed E-state index contributed by atoms with van der Waals surface area (Å²) in [6.45, 7) is -1.54. The first kappa shape index (κ1) is 16.4. The first-order valence-corrected chi connectivity index (χ1v) is 5.91. The summed E-state index contributed by atoms with van der Waals surface area (Å²) in [7, 11) is 0. The zero-order valence-electron chi connectivity index (χ0n) is 9.67. The topological polar surface area (TPSA) is 66.4 Å². The van der Waals surface area contributed by atoms with Gasteiger partial charge in [-0.25, -0.2) is 13.6 Å². The lowest BCUT2D eigenvalue weighted by Gasteiger charge is -2.15. The molecule has 110 valence electrons. The van der Waals surface area contributed by atoms with Crippen LogP contribution in [0.5, 0.6) is 0 Å². The van der Waals surface area contributed by atoms with Crippen LogP contribution in [0.4, 0.5) is 17.6 Å². The highest BCUT2D eigenvalue weighted by Gasteiger charge is 2.40. The maximum atomic E-state index is 12.6. The maximum Gasteiger partial charge on any atom is 0.335 e. The monoisotopic (exact) mass is 357 g/mol. The lowest BCUT2D eigenvalue weighted by Crippen LogP contribution is -2.41. The van der Waals surface area contributed by atoms with Crippen molar-refractivity contribution in [2.45, 2.75) is 12.3 Å². The van der Waals surface area contributed by atoms with E-state index >= 15 is 0 Å². The Labute approximate surface area is 118 Å². The number of benzene rings is 1. The third kappa shape index (κ3) is 4.19. The molecule has 0 atom stereocenters. The molecule has 1 aromatic carbocycles. The van der Waals surface area contributed by atoms with Crippen molar-refractivity contribution < 1.29 is 32.3 Å². The molecule has 1 aromatic rings. The van der Waals surface area contributed by atoms with Crippen LogP contribution >= 0.6 is 15.9 Å². The second kappa shape index (κ2) is 6.21. The Balaban J connectivity index is 2.86. The van der Waals surface area contributed by atoms with Gasteiger partial charge in [0.2, 0.25) is 0 Å². The minimum absolute atomic E-state index is 0.234. The van der Waals surface area contributed by atoms with Crippen molar-refractivity contribution in [3.05, 3.63) is 33.8 Å². The Hall–Kier alpha value is -1.64. The third-order valence-electron chi connectivity index (χ3n) is 2.21. The van der Waals surface area contributed by atoms with Crippen molar-refractivity contribution in [2.24, 2.45) is 0 Å². The molecule has 1 rings (SSSR count). The van der Waals surface area contributed by atoms with E-state index in [9.17, 15) is 27.2 Å². The lowest BCUT2D eigenvalue weighted by molar-refractivity contribution is -0.123. The molecule has 0 spiro atoms. The molecule has 0 aliphatic heterocycles. The van der Waals surface area contributed by atoms with Gasteiger partial charge in [0.1, 0.15) is 0 Å². The Morgan fingerprint density at radius 1 is 1.25 bits per heavy atom. The molecule has 0 aliphatic carbocycles. The van der Waals surface area contributed by atoms with Crippen molar-refractivity contribution in [1.82, 2.24) is 5.32 Å². The van der Waals surface area contributed by atoms with E-state index in [1.54, 1.807) is 5.32 Å². The Bertz CT molecular complexity index is 536. The number of hydrogen-bond acceptors (Lipinski definition) is 2. The quantitative estimate of drug-likeness (QED) is 0.796. The Kier molecular flexibility index (Phi) is 5.09. The minimum Gasteiger partial charge on any atom is -0.478 e. The number of carbonyl (C=O) groups is 2. The molecule has 1 amide bonds. The zero-order valence-corrected chi connectivity index (χ0v) is 11.3. The van der Waals surface area contributed by atoms with Crippen LogP contribution in [0.15, 0.2) is 22.7 Å². The third-order valence-corrected chi connectivity index (χ3v) is 2.67. The second-order valence-corrected chi connectivity index (χ2v) is 4.69. The van der Waals surface area contributed by atoms with Gasteiger partial charge in [-0.3, -0.25) is 4.79 Å². The van der Waals surface area contributed by atoms with Gasteiger partial charge in [-0.2, -0.15) is 8.78 Å². The average Bonchev–Trinajstić information content (AvgIpc) is 2.35. The molecule has 0 bridgehead atoms. The van der Waals surface area contributed by atoms with Crippen molar-refractivity contribution in [3.63, 3.8) is 0 Å². The van der Waals surface area contributed by atoms with Crippen LogP contribution < -0.4 is 5.32 Å². The fourth-order valence-electron chi connectivity index (χ4n) is 1.22. The van der Waals surface area contributed by atoms with Crippen LogP contribution in [0.2, 0.25) is 0 Å². The van der Waals surface area contributed by atoms with Crippen molar-refractivity contribution in [1.29, 1.82) is 0 Å². The van der Waals surface area contributed by atoms with E-state index in [2.05, 4.69) is 15.9 Å². The number of amides is 1. The summed E-state index contributed by atoms with van der Waals surface area (Å²) in [5.74, 6) is -6.75. The van der Waals surface area contributed by atoms with Gasteiger partial charge in [-0.1, -0.05) is 15.9 Å². The number of carbonyl (C=O) groups excluding carboxylic acids is 1. The number of aromatic carboxylic acids is 1. The molecule has 0 aliphatic rings. The smallest absolute Gasteiger partial charge is 0.335 e. The summed E-state index contributed by atoms with van der Waals surface area (Å²) in [6, 6.07) is 3.33. The van der Waals surface area contributed by atoms with E-state index in [1.807, 2.05) is 0 Å². The molecule has 0 unspecified atom stereocenters. The highest BCUT2D eigenvalue weighted by molar-refractivity contribution is 9.10. The Morgan fingerprint density at radius 2 is 1.80 bits per heavy atom. The van der Waals surface area contributed by atoms with Crippen molar-refractivity contribution in [2.75, 3.05) is 6.54 Å². The molecule has 4 nitrogen and oxygen atoms in total. The molecule has 0 radical (unpaired) electrons. The summed E-state index contributed by atoms with van der Waals surface area (Å²) in [4.78, 5) is 22.3. The summed E-state index contributed by atoms with van der Waals surface area (Å²) >= 11 is 2.95. The second-order valence-electron chi connectivity index (χ2n) is 3.78. The van der Waals surface area contributed by atoms with Gasteiger partial charge in [0, 0.05) is 10.0 Å². The number of alkyl halides is 4. The number of hydrogen-bond donors (Lipinski definition) is 2. The molecule has 0 fully saturated rings. The van der Waals surface area contributed by atoms with Gasteiger partial charge in [0.15, 0.2) is 0 Å². The van der Waals surface area contributed by atoms with Crippen LogP contribution in [-0.4, -0.2) is 35.9 Å². The lowest BCUT2D eigenvalue weighted by atomic mass is 10.1. The summed E-state index contributed by atoms with van der Waals surface area (Å²) in [6.07, 6.45) is -3.90. The molecule has 0 heterocycles. The number of rotatable bonds is 5. The average molecular weight is 358 g/mol. The number of halogens is 5. The largest absolute Gasteiger partial charge is 0.478 e. The fraction of sp³-hybridized carbons (Fsp3) is 0.273. The number of carboxylic acids is 1. The molecule has 9 heteroatoms. The highest BCUT2D eigenvalue weighted by atomic mass is 79.9. The van der Waals surface area contributed by atoms with Gasteiger partial charge in [0.05, 0.1) is 12.1 Å². The normalized spacial score (nSPS) is 11.5. The van der Waals surface area contributed by atoms with Crippen LogP contribution in [0, 0.1) is 0 Å². The number of carboxylic acid groups (broad SMARTS) is 1. The fourth-order valence-corrected chi connectivity index (χ4v) is 1.71. The van der Waals surface area contributed by atoms with E-state index in [4.69, 9.17) is 5.11 Å². The van der Waals surface area contributed by atoms with Crippen molar-refractivity contribution in [3.8, 4) is 0 Å². The van der Waals surface area contributed by atoms with Crippen LogP contribution in [0.25, 0.3) is 0 Å². The molecule has 2 N–H and O–H groups in total. The van der Waals surface area contributed by atoms with Gasteiger partial charge in [0.25, 0.3) is 5.91 Å². The molecule has 20 heavy (non-hydrogen) atoms. The van der Waals surface area contributed by atoms with Gasteiger partial charge < -0.3 is 10.4 Å². The Morgan fingerprint density at radius 3 is 2.30 bits per heavy atom. The molecule has 0 aromatic heterocycles. The number of nitrogens with one attached hydrogen (secondary N) is 1. The summed E-state index contributed by atoms with van der Waals surface area (Å²) in [5.41, 5.74) is -0.480. The van der Waals surface area contributed by atoms with Gasteiger partial charge in [-0.15, -0.1) is 0 Å². The first-order valence-electron chi connectivity index (χ1n) is 5.11. The maximum absolute atomic E-state index is 12.6. The van der Waals surface area contributed by atoms with Gasteiger partial charge >= 0.3 is 18.3 Å². The van der Waals surface area contributed by atoms with E-state index < -0.39 is 30.8 Å². The SMILES string of the molecule is O=C(O)c1cc(Br)cc(C(=O)NCC(F)(F)C(F)F)c1. The van der Waals surface area contributed by atoms with Crippen LogP contribution in [0.3, 0.4) is 0 Å². The summed E-state index contributed by atoms with van der Waals surface area (Å²) in [5, 5.41) is 10.4. The van der Waals surface area contributed by atoms with Gasteiger partial charge in [-0.05, 0) is 18.2 Å². The van der Waals surface area contributed by atoms with E-state index in [0.29, 0.717) is 0 Å². The predicted octanol–water partition coefficient (Wildman–Crippen LogP) is 2.78. The zero-order chi connectivity index (χ0) is 15.5. The summed E-state index contributed by atoms with van der Waals surface area (Å²) < 4.78 is 49.3. The van der Waals surface area contributed by atoms with E-state index in [-0.39, 0.29) is 15.6 Å². The molecule has 0 saturated carbocycles. The minimum atomic E-state index is -4.35. The van der Waals surface area contributed by atoms with Crippen molar-refractivity contribution >= 4 is 27.8 Å². The first-order chi connectivity index (χ1) is 9.13. The standard InChI is InChI=1S/C11H8BrF4NO3/c12-7-2-5(1-6(3-7)9(19)20)8(18)17-4-11(15,16)10(13)14/h1-3,10H,4H2,(H,17,18)(H,19,20). The van der Waals surface area contributed by atoms with E-state index in [0.717, 1.165) is 6.07 Å². The molecule has 0 saturated heterocycles. The van der Waals surface area contributed by atoms with Crippen LogP contribution in [-0.2, 0) is 0 Å². The highest BCUT2D eigenvalue weighted by Crippen LogP contribution is 2.22. The molecular weight excluding hydrogens is 350 g/mol.